The molecular weight excluding hydrogens is 452 g/mol. The van der Waals surface area contributed by atoms with Gasteiger partial charge in [0.2, 0.25) is 0 Å². The molecule has 0 N–H and O–H groups in total. The highest BCUT2D eigenvalue weighted by Gasteiger charge is 2.22. The molecule has 7 heteroatoms. The number of amides is 1. The Balaban J connectivity index is 1.56. The quantitative estimate of drug-likeness (QED) is 0.370. The molecule has 3 heterocycles. The van der Waals surface area contributed by atoms with Crippen molar-refractivity contribution in [3.63, 3.8) is 0 Å². The third kappa shape index (κ3) is 4.16. The molecule has 1 atom stereocenters. The van der Waals surface area contributed by atoms with E-state index in [-0.39, 0.29) is 5.91 Å². The molecule has 2 aromatic heterocycles. The molecule has 182 valence electrons. The van der Waals surface area contributed by atoms with Gasteiger partial charge in [-0.05, 0) is 54.3 Å². The zero-order valence-electron chi connectivity index (χ0n) is 20.9. The number of hydrogen-bond acceptors (Lipinski definition) is 6. The lowest BCUT2D eigenvalue weighted by molar-refractivity contribution is 0.0827. The van der Waals surface area contributed by atoms with Gasteiger partial charge in [-0.2, -0.15) is 5.26 Å². The molecule has 7 nitrogen and oxygen atoms in total. The Kier molecular flexibility index (Phi) is 6.11. The molecular formula is C29H28N4O3. The Bertz CT molecular complexity index is 1500. The van der Waals surface area contributed by atoms with E-state index in [1.165, 1.54) is 4.90 Å². The fourth-order valence-corrected chi connectivity index (χ4v) is 4.81. The first-order chi connectivity index (χ1) is 17.4. The Morgan fingerprint density at radius 1 is 1.17 bits per heavy atom. The number of hydrogen-bond donors (Lipinski definition) is 0. The van der Waals surface area contributed by atoms with Crippen molar-refractivity contribution < 1.29 is 13.9 Å². The van der Waals surface area contributed by atoms with Crippen LogP contribution in [0, 0.1) is 17.2 Å². The van der Waals surface area contributed by atoms with Crippen LogP contribution in [-0.4, -0.2) is 50.1 Å². The Labute approximate surface area is 210 Å². The summed E-state index contributed by atoms with van der Waals surface area (Å²) >= 11 is 0. The van der Waals surface area contributed by atoms with E-state index in [1.807, 2.05) is 36.4 Å². The van der Waals surface area contributed by atoms with Crippen molar-refractivity contribution in [2.24, 2.45) is 5.92 Å². The number of benzene rings is 2. The Morgan fingerprint density at radius 3 is 2.69 bits per heavy atom. The van der Waals surface area contributed by atoms with E-state index in [1.54, 1.807) is 39.5 Å². The topological polar surface area (TPSA) is 82.6 Å². The highest BCUT2D eigenvalue weighted by molar-refractivity contribution is 5.96. The highest BCUT2D eigenvalue weighted by atomic mass is 16.5. The fourth-order valence-electron chi connectivity index (χ4n) is 4.81. The maximum absolute atomic E-state index is 12.4. The van der Waals surface area contributed by atoms with Gasteiger partial charge < -0.3 is 19.0 Å². The van der Waals surface area contributed by atoms with Gasteiger partial charge >= 0.3 is 0 Å². The van der Waals surface area contributed by atoms with Crippen LogP contribution in [0.4, 0.5) is 5.69 Å². The van der Waals surface area contributed by atoms with E-state index in [0.29, 0.717) is 39.7 Å². The van der Waals surface area contributed by atoms with E-state index in [0.717, 1.165) is 41.9 Å². The van der Waals surface area contributed by atoms with Crippen LogP contribution in [0.3, 0.4) is 0 Å². The molecule has 1 aliphatic rings. The third-order valence-corrected chi connectivity index (χ3v) is 6.72. The molecule has 0 saturated carbocycles. The second-order valence-electron chi connectivity index (χ2n) is 9.48. The van der Waals surface area contributed by atoms with E-state index in [9.17, 15) is 10.1 Å². The summed E-state index contributed by atoms with van der Waals surface area (Å²) < 4.78 is 11.9. The molecule has 0 spiro atoms. The van der Waals surface area contributed by atoms with Gasteiger partial charge in [0.05, 0.1) is 23.9 Å². The second-order valence-corrected chi connectivity index (χ2v) is 9.48. The van der Waals surface area contributed by atoms with Gasteiger partial charge in [-0.25, -0.2) is 0 Å². The predicted molar refractivity (Wildman–Crippen MR) is 140 cm³/mol. The number of nitriles is 1. The number of pyridine rings is 1. The first kappa shape index (κ1) is 23.4. The lowest BCUT2D eigenvalue weighted by Crippen LogP contribution is -2.21. The number of carbonyl (C=O) groups is 1. The maximum Gasteiger partial charge on any atom is 0.253 e. The largest absolute Gasteiger partial charge is 0.496 e. The summed E-state index contributed by atoms with van der Waals surface area (Å²) in [6.07, 6.45) is 2.88. The van der Waals surface area contributed by atoms with Crippen LogP contribution in [0.25, 0.3) is 33.6 Å². The van der Waals surface area contributed by atoms with Crippen LogP contribution in [0.15, 0.2) is 59.1 Å². The summed E-state index contributed by atoms with van der Waals surface area (Å²) in [6, 6.07) is 17.5. The highest BCUT2D eigenvalue weighted by Crippen LogP contribution is 2.39. The average Bonchev–Trinajstić information content (AvgIpc) is 3.53. The molecule has 1 fully saturated rings. The Hall–Kier alpha value is -4.31. The van der Waals surface area contributed by atoms with Crippen LogP contribution in [0.5, 0.6) is 5.75 Å². The molecule has 1 unspecified atom stereocenters. The predicted octanol–water partition coefficient (Wildman–Crippen LogP) is 5.59. The van der Waals surface area contributed by atoms with Gasteiger partial charge in [0.1, 0.15) is 23.1 Å². The molecule has 36 heavy (non-hydrogen) atoms. The molecule has 1 amide bonds. The molecule has 1 saturated heterocycles. The summed E-state index contributed by atoms with van der Waals surface area (Å²) in [5.41, 5.74) is 6.00. The van der Waals surface area contributed by atoms with Crippen molar-refractivity contribution in [2.45, 2.75) is 13.3 Å². The molecule has 0 bridgehead atoms. The van der Waals surface area contributed by atoms with Crippen LogP contribution < -0.4 is 9.64 Å². The van der Waals surface area contributed by atoms with Gasteiger partial charge in [0.25, 0.3) is 5.91 Å². The zero-order valence-corrected chi connectivity index (χ0v) is 20.9. The summed E-state index contributed by atoms with van der Waals surface area (Å²) in [7, 11) is 5.00. The van der Waals surface area contributed by atoms with E-state index >= 15 is 0 Å². The molecule has 2 aromatic carbocycles. The SMILES string of the molecule is COc1cc(C(=O)N(C)C)ccc1-c1cc2nccc(-c3ccc(N4CCC(C)C4)c(C#N)c3)c2o1. The van der Waals surface area contributed by atoms with E-state index in [4.69, 9.17) is 9.15 Å². The van der Waals surface area contributed by atoms with Crippen LogP contribution in [0.1, 0.15) is 29.3 Å². The van der Waals surface area contributed by atoms with Crippen molar-refractivity contribution >= 4 is 22.7 Å². The minimum atomic E-state index is -0.103. The van der Waals surface area contributed by atoms with Crippen LogP contribution in [0.2, 0.25) is 0 Å². The summed E-state index contributed by atoms with van der Waals surface area (Å²) in [5.74, 6) is 1.66. The smallest absolute Gasteiger partial charge is 0.253 e. The molecule has 5 rings (SSSR count). The number of anilines is 1. The first-order valence-corrected chi connectivity index (χ1v) is 12.0. The standard InChI is InChI=1S/C29H28N4O3/c1-18-10-12-33(17-18)25-8-6-19(13-21(25)16-30)22-9-11-31-24-15-27(36-28(22)24)23-7-5-20(14-26(23)35-4)29(34)32(2)3/h5-9,11,13-15,18H,10,12,17H2,1-4H3. The number of ether oxygens (including phenoxy) is 1. The normalized spacial score (nSPS) is 15.2. The monoisotopic (exact) mass is 480 g/mol. The van der Waals surface area contributed by atoms with Crippen molar-refractivity contribution in [2.75, 3.05) is 39.2 Å². The summed E-state index contributed by atoms with van der Waals surface area (Å²) in [5, 5.41) is 9.88. The summed E-state index contributed by atoms with van der Waals surface area (Å²) in [4.78, 5) is 20.7. The summed E-state index contributed by atoms with van der Waals surface area (Å²) in [6.45, 7) is 4.18. The van der Waals surface area contributed by atoms with Crippen LogP contribution in [-0.2, 0) is 0 Å². The van der Waals surface area contributed by atoms with E-state index in [2.05, 4.69) is 22.9 Å². The van der Waals surface area contributed by atoms with Crippen molar-refractivity contribution in [3.8, 4) is 34.3 Å². The third-order valence-electron chi connectivity index (χ3n) is 6.72. The van der Waals surface area contributed by atoms with Gasteiger partial charge in [0.15, 0.2) is 5.58 Å². The van der Waals surface area contributed by atoms with Crippen molar-refractivity contribution in [1.82, 2.24) is 9.88 Å². The van der Waals surface area contributed by atoms with Gasteiger partial charge in [-0.1, -0.05) is 13.0 Å². The van der Waals surface area contributed by atoms with Crippen molar-refractivity contribution in [1.29, 1.82) is 5.26 Å². The number of rotatable bonds is 5. The van der Waals surface area contributed by atoms with E-state index < -0.39 is 0 Å². The lowest BCUT2D eigenvalue weighted by atomic mass is 10.0. The molecule has 4 aromatic rings. The first-order valence-electron chi connectivity index (χ1n) is 12.0. The Morgan fingerprint density at radius 2 is 2.00 bits per heavy atom. The zero-order chi connectivity index (χ0) is 25.4. The fraction of sp³-hybridized carbons (Fsp3) is 0.276. The minimum absolute atomic E-state index is 0.103. The molecule has 1 aliphatic heterocycles. The second kappa shape index (κ2) is 9.38. The molecule has 0 radical (unpaired) electrons. The van der Waals surface area contributed by atoms with Crippen LogP contribution >= 0.6 is 0 Å². The number of fused-ring (bicyclic) bond motifs is 1. The van der Waals surface area contributed by atoms with Gasteiger partial charge in [-0.3, -0.25) is 9.78 Å². The average molecular weight is 481 g/mol. The number of aromatic nitrogens is 1. The number of carbonyl (C=O) groups excluding carboxylic acids is 1. The van der Waals surface area contributed by atoms with Crippen molar-refractivity contribution in [3.05, 3.63) is 65.9 Å². The van der Waals surface area contributed by atoms with Gasteiger partial charge in [-0.15, -0.1) is 0 Å². The number of furan rings is 1. The number of methoxy groups -OCH3 is 1. The number of nitrogens with zero attached hydrogens (tertiary/aromatic N) is 4. The molecule has 0 aliphatic carbocycles. The lowest BCUT2D eigenvalue weighted by Gasteiger charge is -2.20. The van der Waals surface area contributed by atoms with Gasteiger partial charge in [0, 0.05) is 50.6 Å². The maximum atomic E-state index is 12.4. The minimum Gasteiger partial charge on any atom is -0.496 e.